The molecule has 3 heteroatoms. The molecule has 1 aromatic carbocycles. The van der Waals surface area contributed by atoms with E-state index in [1.54, 1.807) is 0 Å². The Morgan fingerprint density at radius 3 is 2.70 bits per heavy atom. The van der Waals surface area contributed by atoms with Crippen LogP contribution in [0.25, 0.3) is 0 Å². The summed E-state index contributed by atoms with van der Waals surface area (Å²) in [5.41, 5.74) is 3.63. The summed E-state index contributed by atoms with van der Waals surface area (Å²) < 4.78 is 0. The van der Waals surface area contributed by atoms with Gasteiger partial charge in [0.2, 0.25) is 0 Å². The Kier molecular flexibility index (Phi) is 4.45. The van der Waals surface area contributed by atoms with E-state index >= 15 is 0 Å². The van der Waals surface area contributed by atoms with Crippen LogP contribution in [0.3, 0.4) is 0 Å². The summed E-state index contributed by atoms with van der Waals surface area (Å²) in [4.78, 5) is 12.9. The summed E-state index contributed by atoms with van der Waals surface area (Å²) in [6, 6.07) is 6.20. The molecule has 2 aliphatic rings. The highest BCUT2D eigenvalue weighted by molar-refractivity contribution is 9.09. The lowest BCUT2D eigenvalue weighted by molar-refractivity contribution is 0.0944. The van der Waals surface area contributed by atoms with Crippen LogP contribution in [0, 0.1) is 5.92 Å². The summed E-state index contributed by atoms with van der Waals surface area (Å²) in [6.07, 6.45) is 8.45. The minimum absolute atomic E-state index is 0.0978. The van der Waals surface area contributed by atoms with Crippen LogP contribution in [0.5, 0.6) is 0 Å². The molecule has 0 saturated heterocycles. The van der Waals surface area contributed by atoms with E-state index < -0.39 is 0 Å². The Labute approximate surface area is 129 Å². The normalized spacial score (nSPS) is 25.2. The number of hydrogen-bond donors (Lipinski definition) is 1. The summed E-state index contributed by atoms with van der Waals surface area (Å²) in [6.45, 7) is 0.829. The summed E-state index contributed by atoms with van der Waals surface area (Å²) in [7, 11) is 0. The number of nitrogens with one attached hydrogen (secondary N) is 1. The van der Waals surface area contributed by atoms with Crippen LogP contribution in [-0.2, 0) is 12.8 Å². The molecule has 0 aromatic heterocycles. The number of carbonyl (C=O) groups excluding carboxylic acids is 1. The van der Waals surface area contributed by atoms with Gasteiger partial charge in [-0.2, -0.15) is 0 Å². The van der Waals surface area contributed by atoms with E-state index in [4.69, 9.17) is 0 Å². The van der Waals surface area contributed by atoms with E-state index in [9.17, 15) is 4.79 Å². The monoisotopic (exact) mass is 335 g/mol. The molecule has 0 unspecified atom stereocenters. The van der Waals surface area contributed by atoms with Crippen molar-refractivity contribution in [1.29, 1.82) is 0 Å². The largest absolute Gasteiger partial charge is 0.352 e. The lowest BCUT2D eigenvalue weighted by Gasteiger charge is -2.25. The first kappa shape index (κ1) is 14.1. The zero-order valence-electron chi connectivity index (χ0n) is 11.8. The first-order valence-electron chi connectivity index (χ1n) is 7.76. The number of fused-ring (bicyclic) bond motifs is 1. The smallest absolute Gasteiger partial charge is 0.251 e. The predicted molar refractivity (Wildman–Crippen MR) is 85.5 cm³/mol. The maximum atomic E-state index is 12.2. The highest BCUT2D eigenvalue weighted by atomic mass is 79.9. The molecule has 0 spiro atoms. The zero-order chi connectivity index (χ0) is 13.9. The van der Waals surface area contributed by atoms with Crippen LogP contribution in [0.2, 0.25) is 0 Å². The van der Waals surface area contributed by atoms with Gasteiger partial charge in [-0.05, 0) is 74.1 Å². The highest BCUT2D eigenvalue weighted by Gasteiger charge is 2.20. The van der Waals surface area contributed by atoms with Crippen LogP contribution in [0.4, 0.5) is 0 Å². The molecular formula is C17H22BrNO. The third-order valence-electron chi connectivity index (χ3n) is 4.69. The van der Waals surface area contributed by atoms with E-state index in [1.807, 2.05) is 6.07 Å². The van der Waals surface area contributed by atoms with Crippen molar-refractivity contribution in [3.8, 4) is 0 Å². The van der Waals surface area contributed by atoms with Crippen molar-refractivity contribution in [3.05, 3.63) is 34.9 Å². The van der Waals surface area contributed by atoms with Crippen molar-refractivity contribution in [1.82, 2.24) is 5.32 Å². The van der Waals surface area contributed by atoms with Gasteiger partial charge in [-0.15, -0.1) is 0 Å². The van der Waals surface area contributed by atoms with E-state index in [0.717, 1.165) is 18.5 Å². The number of alkyl halides is 1. The highest BCUT2D eigenvalue weighted by Crippen LogP contribution is 2.28. The van der Waals surface area contributed by atoms with Gasteiger partial charge in [0.1, 0.15) is 0 Å². The number of halogens is 1. The molecule has 1 saturated carbocycles. The second-order valence-corrected chi connectivity index (χ2v) is 7.46. The van der Waals surface area contributed by atoms with E-state index in [2.05, 4.69) is 33.4 Å². The number of amides is 1. The molecule has 1 amide bonds. The molecule has 2 aliphatic carbocycles. The molecule has 0 heterocycles. The van der Waals surface area contributed by atoms with Gasteiger partial charge in [-0.3, -0.25) is 4.79 Å². The van der Waals surface area contributed by atoms with Crippen molar-refractivity contribution < 1.29 is 4.79 Å². The third kappa shape index (κ3) is 3.25. The molecule has 0 radical (unpaired) electrons. The van der Waals surface area contributed by atoms with Crippen molar-refractivity contribution in [2.24, 2.45) is 5.92 Å². The number of rotatable bonds is 3. The topological polar surface area (TPSA) is 29.1 Å². The third-order valence-corrected chi connectivity index (χ3v) is 5.60. The number of benzene rings is 1. The second-order valence-electron chi connectivity index (χ2n) is 6.17. The first-order chi connectivity index (χ1) is 9.72. The Morgan fingerprint density at radius 1 is 1.15 bits per heavy atom. The summed E-state index contributed by atoms with van der Waals surface area (Å²) in [5.74, 6) is 0.753. The maximum Gasteiger partial charge on any atom is 0.251 e. The van der Waals surface area contributed by atoms with Crippen molar-refractivity contribution >= 4 is 21.8 Å². The molecular weight excluding hydrogens is 314 g/mol. The Bertz CT molecular complexity index is 492. The van der Waals surface area contributed by atoms with Gasteiger partial charge in [-0.25, -0.2) is 0 Å². The fourth-order valence-electron chi connectivity index (χ4n) is 3.38. The Balaban J connectivity index is 1.54. The molecule has 1 N–H and O–H groups in total. The molecule has 0 aliphatic heterocycles. The molecule has 0 atom stereocenters. The van der Waals surface area contributed by atoms with Gasteiger partial charge in [0, 0.05) is 16.9 Å². The predicted octanol–water partition coefficient (Wildman–Crippen LogP) is 3.86. The standard InChI is InChI=1S/C17H22BrNO/c18-16-8-4-12(5-9-16)11-19-17(20)15-7-6-13-2-1-3-14(13)10-15/h6-7,10,12,16H,1-5,8-9,11H2,(H,19,20). The number of aryl methyl sites for hydroxylation is 2. The molecule has 1 aromatic rings. The summed E-state index contributed by atoms with van der Waals surface area (Å²) in [5, 5.41) is 3.12. The van der Waals surface area contributed by atoms with E-state index in [-0.39, 0.29) is 5.91 Å². The average Bonchev–Trinajstić information content (AvgIpc) is 2.93. The lowest BCUT2D eigenvalue weighted by atomic mass is 9.89. The number of carbonyl (C=O) groups is 1. The lowest BCUT2D eigenvalue weighted by Crippen LogP contribution is -2.31. The molecule has 20 heavy (non-hydrogen) atoms. The quantitative estimate of drug-likeness (QED) is 0.835. The first-order valence-corrected chi connectivity index (χ1v) is 8.68. The van der Waals surface area contributed by atoms with Gasteiger partial charge in [0.15, 0.2) is 0 Å². The average molecular weight is 336 g/mol. The van der Waals surface area contributed by atoms with Crippen LogP contribution >= 0.6 is 15.9 Å². The van der Waals surface area contributed by atoms with Gasteiger partial charge in [-0.1, -0.05) is 22.0 Å². The Hall–Kier alpha value is -0.830. The fourth-order valence-corrected chi connectivity index (χ4v) is 3.91. The van der Waals surface area contributed by atoms with E-state index in [1.165, 1.54) is 49.7 Å². The van der Waals surface area contributed by atoms with Crippen molar-refractivity contribution in [3.63, 3.8) is 0 Å². The molecule has 108 valence electrons. The number of hydrogen-bond acceptors (Lipinski definition) is 1. The van der Waals surface area contributed by atoms with Gasteiger partial charge < -0.3 is 5.32 Å². The SMILES string of the molecule is O=C(NCC1CCC(Br)CC1)c1ccc2c(c1)CCC2. The fraction of sp³-hybridized carbons (Fsp3) is 0.588. The van der Waals surface area contributed by atoms with Gasteiger partial charge in [0.05, 0.1) is 0 Å². The molecule has 2 nitrogen and oxygen atoms in total. The molecule has 3 rings (SSSR count). The summed E-state index contributed by atoms with van der Waals surface area (Å²) >= 11 is 3.67. The van der Waals surface area contributed by atoms with Crippen LogP contribution in [0.1, 0.15) is 53.6 Å². The maximum absolute atomic E-state index is 12.2. The van der Waals surface area contributed by atoms with Crippen LogP contribution in [-0.4, -0.2) is 17.3 Å². The van der Waals surface area contributed by atoms with Crippen molar-refractivity contribution in [2.45, 2.75) is 49.8 Å². The second kappa shape index (κ2) is 6.30. The molecule has 1 fully saturated rings. The van der Waals surface area contributed by atoms with Gasteiger partial charge >= 0.3 is 0 Å². The molecule has 0 bridgehead atoms. The van der Waals surface area contributed by atoms with Gasteiger partial charge in [0.25, 0.3) is 5.91 Å². The zero-order valence-corrected chi connectivity index (χ0v) is 13.4. The minimum Gasteiger partial charge on any atom is -0.352 e. The minimum atomic E-state index is 0.0978. The Morgan fingerprint density at radius 2 is 1.90 bits per heavy atom. The van der Waals surface area contributed by atoms with E-state index in [0.29, 0.717) is 10.7 Å². The van der Waals surface area contributed by atoms with Crippen LogP contribution < -0.4 is 5.32 Å². The van der Waals surface area contributed by atoms with Crippen molar-refractivity contribution in [2.75, 3.05) is 6.54 Å². The van der Waals surface area contributed by atoms with Crippen LogP contribution in [0.15, 0.2) is 18.2 Å².